The van der Waals surface area contributed by atoms with Gasteiger partial charge in [-0.1, -0.05) is 69.9 Å². The summed E-state index contributed by atoms with van der Waals surface area (Å²) in [6, 6.07) is 14.9. The SMILES string of the molecule is CCCCCCCNC(=O)N1CC(CC)Oc2cc(-c3ccc([C@H]4CC[C@H](CC(=O)O)CC4)cc3)ccc21. The summed E-state index contributed by atoms with van der Waals surface area (Å²) in [7, 11) is 0. The van der Waals surface area contributed by atoms with Crippen LogP contribution in [0.15, 0.2) is 42.5 Å². The van der Waals surface area contributed by atoms with Gasteiger partial charge < -0.3 is 15.2 Å². The van der Waals surface area contributed by atoms with Gasteiger partial charge in [-0.05, 0) is 79.2 Å². The van der Waals surface area contributed by atoms with Crippen LogP contribution in [0, 0.1) is 5.92 Å². The highest BCUT2D eigenvalue weighted by molar-refractivity contribution is 5.94. The molecule has 1 fully saturated rings. The number of carbonyl (C=O) groups excluding carboxylic acids is 1. The van der Waals surface area contributed by atoms with Gasteiger partial charge in [0.2, 0.25) is 0 Å². The van der Waals surface area contributed by atoms with E-state index < -0.39 is 5.97 Å². The first kappa shape index (κ1) is 28.0. The van der Waals surface area contributed by atoms with Crippen molar-refractivity contribution in [3.63, 3.8) is 0 Å². The van der Waals surface area contributed by atoms with Crippen LogP contribution in [0.4, 0.5) is 10.5 Å². The molecule has 1 aliphatic carbocycles. The monoisotopic (exact) mass is 520 g/mol. The first-order valence-corrected chi connectivity index (χ1v) is 14.7. The molecule has 2 N–H and O–H groups in total. The molecule has 0 bridgehead atoms. The number of carbonyl (C=O) groups is 2. The number of urea groups is 1. The van der Waals surface area contributed by atoms with Gasteiger partial charge in [-0.2, -0.15) is 0 Å². The van der Waals surface area contributed by atoms with Crippen molar-refractivity contribution < 1.29 is 19.4 Å². The van der Waals surface area contributed by atoms with Crippen LogP contribution in [0.3, 0.4) is 0 Å². The van der Waals surface area contributed by atoms with Gasteiger partial charge in [0, 0.05) is 13.0 Å². The van der Waals surface area contributed by atoms with Crippen molar-refractivity contribution >= 4 is 17.7 Å². The number of hydrogen-bond acceptors (Lipinski definition) is 3. The van der Waals surface area contributed by atoms with E-state index in [-0.39, 0.29) is 12.1 Å². The van der Waals surface area contributed by atoms with E-state index in [0.717, 1.165) is 67.5 Å². The molecule has 1 heterocycles. The zero-order valence-electron chi connectivity index (χ0n) is 23.1. The summed E-state index contributed by atoms with van der Waals surface area (Å²) in [5.74, 6) is 0.904. The first-order valence-electron chi connectivity index (χ1n) is 14.7. The van der Waals surface area contributed by atoms with Crippen molar-refractivity contribution in [1.29, 1.82) is 0 Å². The Balaban J connectivity index is 1.40. The second-order valence-corrected chi connectivity index (χ2v) is 11.0. The average molecular weight is 521 g/mol. The quantitative estimate of drug-likeness (QED) is 0.297. The molecule has 0 spiro atoms. The van der Waals surface area contributed by atoms with Crippen LogP contribution in [0.25, 0.3) is 11.1 Å². The minimum atomic E-state index is -0.682. The maximum Gasteiger partial charge on any atom is 0.322 e. The van der Waals surface area contributed by atoms with Gasteiger partial charge in [-0.3, -0.25) is 9.69 Å². The number of aliphatic carboxylic acids is 1. The summed E-state index contributed by atoms with van der Waals surface area (Å²) in [6.07, 6.45) is 11.1. The number of ether oxygens (including phenoxy) is 1. The van der Waals surface area contributed by atoms with Crippen molar-refractivity contribution in [3.8, 4) is 16.9 Å². The van der Waals surface area contributed by atoms with Gasteiger partial charge in [0.1, 0.15) is 11.9 Å². The molecule has 206 valence electrons. The minimum absolute atomic E-state index is 0.0216. The molecule has 4 rings (SSSR count). The summed E-state index contributed by atoms with van der Waals surface area (Å²) in [5, 5.41) is 12.2. The zero-order chi connectivity index (χ0) is 26.9. The molecule has 2 aromatic carbocycles. The van der Waals surface area contributed by atoms with Crippen LogP contribution in [0.5, 0.6) is 5.75 Å². The molecule has 38 heavy (non-hydrogen) atoms. The molecule has 2 aliphatic rings. The molecule has 0 radical (unpaired) electrons. The van der Waals surface area contributed by atoms with Gasteiger partial charge in [0.05, 0.1) is 12.2 Å². The fraction of sp³-hybridized carbons (Fsp3) is 0.562. The lowest BCUT2D eigenvalue weighted by atomic mass is 9.77. The summed E-state index contributed by atoms with van der Waals surface area (Å²) in [4.78, 5) is 25.9. The smallest absolute Gasteiger partial charge is 0.322 e. The Labute approximate surface area is 227 Å². The predicted molar refractivity (Wildman–Crippen MR) is 153 cm³/mol. The minimum Gasteiger partial charge on any atom is -0.486 e. The first-order chi connectivity index (χ1) is 18.5. The Morgan fingerprint density at radius 2 is 1.66 bits per heavy atom. The highest BCUT2D eigenvalue weighted by Crippen LogP contribution is 2.40. The molecule has 1 saturated carbocycles. The molecule has 1 aliphatic heterocycles. The number of fused-ring (bicyclic) bond motifs is 1. The van der Waals surface area contributed by atoms with E-state index in [0.29, 0.717) is 31.3 Å². The highest BCUT2D eigenvalue weighted by atomic mass is 16.5. The summed E-state index contributed by atoms with van der Waals surface area (Å²) in [5.41, 5.74) is 4.37. The van der Waals surface area contributed by atoms with Crippen LogP contribution in [-0.2, 0) is 4.79 Å². The fourth-order valence-corrected chi connectivity index (χ4v) is 5.85. The van der Waals surface area contributed by atoms with Crippen molar-refractivity contribution in [2.75, 3.05) is 18.0 Å². The Morgan fingerprint density at radius 3 is 2.34 bits per heavy atom. The van der Waals surface area contributed by atoms with Gasteiger partial charge >= 0.3 is 12.0 Å². The van der Waals surface area contributed by atoms with Crippen LogP contribution >= 0.6 is 0 Å². The lowest BCUT2D eigenvalue weighted by Gasteiger charge is -2.35. The topological polar surface area (TPSA) is 78.9 Å². The van der Waals surface area contributed by atoms with Gasteiger partial charge in [0.15, 0.2) is 0 Å². The number of benzene rings is 2. The maximum atomic E-state index is 13.1. The Kier molecular flexibility index (Phi) is 10.1. The van der Waals surface area contributed by atoms with E-state index in [1.54, 1.807) is 0 Å². The van der Waals surface area contributed by atoms with E-state index in [9.17, 15) is 9.59 Å². The zero-order valence-corrected chi connectivity index (χ0v) is 23.1. The van der Waals surface area contributed by atoms with Crippen molar-refractivity contribution in [2.45, 2.75) is 96.5 Å². The molecule has 0 saturated heterocycles. The fourth-order valence-electron chi connectivity index (χ4n) is 5.85. The summed E-state index contributed by atoms with van der Waals surface area (Å²) < 4.78 is 6.29. The third-order valence-electron chi connectivity index (χ3n) is 8.21. The van der Waals surface area contributed by atoms with Crippen molar-refractivity contribution in [3.05, 3.63) is 48.0 Å². The second-order valence-electron chi connectivity index (χ2n) is 11.0. The largest absolute Gasteiger partial charge is 0.486 e. The van der Waals surface area contributed by atoms with Gasteiger partial charge in [0.25, 0.3) is 0 Å². The number of amides is 2. The third kappa shape index (κ3) is 7.30. The standard InChI is InChI=1S/C32H44N2O4/c1-3-5-6-7-8-19-33-32(37)34-22-28(4-2)38-30-21-27(17-18-29(30)34)26-15-13-25(14-16-26)24-11-9-23(10-12-24)20-31(35)36/h13-18,21,23-24,28H,3-12,19-20,22H2,1-2H3,(H,33,37)(H,35,36)/t23-,24-,28?. The van der Waals surface area contributed by atoms with Gasteiger partial charge in [-0.15, -0.1) is 0 Å². The van der Waals surface area contributed by atoms with E-state index in [1.165, 1.54) is 24.8 Å². The molecule has 6 nitrogen and oxygen atoms in total. The number of rotatable bonds is 11. The number of carboxylic acid groups (broad SMARTS) is 1. The lowest BCUT2D eigenvalue weighted by molar-refractivity contribution is -0.138. The molecule has 1 unspecified atom stereocenters. The molecule has 1 atom stereocenters. The summed E-state index contributed by atoms with van der Waals surface area (Å²) in [6.45, 7) is 5.57. The average Bonchev–Trinajstić information content (AvgIpc) is 2.94. The van der Waals surface area contributed by atoms with E-state index in [2.05, 4.69) is 55.6 Å². The summed E-state index contributed by atoms with van der Waals surface area (Å²) >= 11 is 0. The van der Waals surface area contributed by atoms with E-state index in [4.69, 9.17) is 9.84 Å². The molecule has 2 aromatic rings. The Bertz CT molecular complexity index is 1060. The van der Waals surface area contributed by atoms with Crippen molar-refractivity contribution in [1.82, 2.24) is 5.32 Å². The lowest BCUT2D eigenvalue weighted by Crippen LogP contribution is -2.48. The second kappa shape index (κ2) is 13.7. The molecule has 0 aromatic heterocycles. The van der Waals surface area contributed by atoms with Gasteiger partial charge in [-0.25, -0.2) is 4.79 Å². The normalized spacial score (nSPS) is 20.9. The maximum absolute atomic E-state index is 13.1. The molecule has 2 amide bonds. The Morgan fingerprint density at radius 1 is 0.947 bits per heavy atom. The van der Waals surface area contributed by atoms with Crippen LogP contribution in [0.1, 0.15) is 96.0 Å². The molecular formula is C32H44N2O4. The molecular weight excluding hydrogens is 476 g/mol. The van der Waals surface area contributed by atoms with E-state index in [1.807, 2.05) is 11.0 Å². The Hall–Kier alpha value is -3.02. The number of carboxylic acids is 1. The predicted octanol–water partition coefficient (Wildman–Crippen LogP) is 7.76. The van der Waals surface area contributed by atoms with Crippen LogP contribution < -0.4 is 15.0 Å². The van der Waals surface area contributed by atoms with Crippen molar-refractivity contribution in [2.24, 2.45) is 5.92 Å². The number of nitrogens with one attached hydrogen (secondary N) is 1. The number of anilines is 1. The number of hydrogen-bond donors (Lipinski definition) is 2. The van der Waals surface area contributed by atoms with Crippen LogP contribution in [-0.4, -0.2) is 36.3 Å². The molecule has 6 heteroatoms. The number of nitrogens with zero attached hydrogens (tertiary/aromatic N) is 1. The third-order valence-corrected chi connectivity index (χ3v) is 8.21. The van der Waals surface area contributed by atoms with E-state index >= 15 is 0 Å². The number of unbranched alkanes of at least 4 members (excludes halogenated alkanes) is 4. The van der Waals surface area contributed by atoms with Crippen LogP contribution in [0.2, 0.25) is 0 Å². The highest BCUT2D eigenvalue weighted by Gasteiger charge is 2.29.